The maximum Gasteiger partial charge on any atom is 0.211 e. The highest BCUT2D eigenvalue weighted by Gasteiger charge is 2.59. The summed E-state index contributed by atoms with van der Waals surface area (Å²) in [6.45, 7) is 6.22. The Bertz CT molecular complexity index is 635. The molecule has 0 aromatic heterocycles. The molecule has 0 aromatic rings. The van der Waals surface area contributed by atoms with E-state index in [1.165, 1.54) is 25.5 Å². The Morgan fingerprint density at radius 2 is 1.68 bits per heavy atom. The lowest BCUT2D eigenvalue weighted by molar-refractivity contribution is -0.109. The van der Waals surface area contributed by atoms with E-state index in [-0.39, 0.29) is 16.9 Å². The molecule has 3 saturated carbocycles. The van der Waals surface area contributed by atoms with Crippen molar-refractivity contribution in [2.24, 2.45) is 34.5 Å². The van der Waals surface area contributed by atoms with Crippen LogP contribution in [0.2, 0.25) is 0 Å². The van der Waals surface area contributed by atoms with Gasteiger partial charge in [0.05, 0.1) is 12.4 Å². The van der Waals surface area contributed by atoms with Gasteiger partial charge in [0.2, 0.25) is 10.0 Å². The van der Waals surface area contributed by atoms with Crippen LogP contribution in [0.1, 0.15) is 65.2 Å². The molecule has 1 N–H and O–H groups in total. The first-order chi connectivity index (χ1) is 11.7. The molecule has 1 heterocycles. The highest BCUT2D eigenvalue weighted by atomic mass is 32.2. The van der Waals surface area contributed by atoms with Gasteiger partial charge in [0.25, 0.3) is 0 Å². The summed E-state index contributed by atoms with van der Waals surface area (Å²) in [7, 11) is -3.09. The summed E-state index contributed by atoms with van der Waals surface area (Å²) in [5.74, 6) is 2.63. The molecule has 25 heavy (non-hydrogen) atoms. The molecule has 0 aromatic carbocycles. The van der Waals surface area contributed by atoms with E-state index in [1.54, 1.807) is 4.31 Å². The Kier molecular flexibility index (Phi) is 4.33. The van der Waals surface area contributed by atoms with Gasteiger partial charge in [-0.2, -0.15) is 0 Å². The molecular formula is C20H35NO3S. The maximum atomic E-state index is 12.1. The van der Waals surface area contributed by atoms with Crippen molar-refractivity contribution in [3.8, 4) is 0 Å². The molecular weight excluding hydrogens is 334 g/mol. The van der Waals surface area contributed by atoms with E-state index in [4.69, 9.17) is 0 Å². The number of nitrogens with zero attached hydrogens (tertiary/aromatic N) is 1. The van der Waals surface area contributed by atoms with Gasteiger partial charge in [-0.1, -0.05) is 13.8 Å². The number of sulfonamides is 1. The lowest BCUT2D eigenvalue weighted by Crippen LogP contribution is -2.53. The summed E-state index contributed by atoms with van der Waals surface area (Å²) in [5.41, 5.74) is 0.408. The molecule has 4 nitrogen and oxygen atoms in total. The number of hydrogen-bond donors (Lipinski definition) is 1. The topological polar surface area (TPSA) is 57.6 Å². The zero-order valence-electron chi connectivity index (χ0n) is 16.1. The first-order valence-electron chi connectivity index (χ1n) is 10.3. The molecule has 4 rings (SSSR count). The third-order valence-electron chi connectivity index (χ3n) is 9.03. The van der Waals surface area contributed by atoms with E-state index in [1.807, 2.05) is 0 Å². The second-order valence-electron chi connectivity index (χ2n) is 10.0. The fraction of sp³-hybridized carbons (Fsp3) is 1.00. The standard InChI is InChI=1S/C20H35NO3S/c1-19-10-4-12-21(25(3,23)24)13-14(19)5-6-15-16-7-8-18(22)20(16,2)11-9-17(15)19/h14-18,22H,4-13H2,1-3H3/t14?,15-,16-,17-,18?,19-,20-/m0/s1. The molecule has 0 spiro atoms. The molecule has 0 radical (unpaired) electrons. The molecule has 7 atom stereocenters. The van der Waals surface area contributed by atoms with Crippen molar-refractivity contribution in [1.82, 2.24) is 4.31 Å². The number of fused-ring (bicyclic) bond motifs is 5. The lowest BCUT2D eigenvalue weighted by atomic mass is 9.47. The second-order valence-corrected chi connectivity index (χ2v) is 12.0. The zero-order valence-corrected chi connectivity index (χ0v) is 16.9. The average Bonchev–Trinajstić information content (AvgIpc) is 2.72. The molecule has 0 amide bonds. The Hall–Kier alpha value is -0.130. The van der Waals surface area contributed by atoms with Crippen molar-refractivity contribution in [1.29, 1.82) is 0 Å². The largest absolute Gasteiger partial charge is 0.393 e. The molecule has 144 valence electrons. The fourth-order valence-electron chi connectivity index (χ4n) is 7.47. The Balaban J connectivity index is 1.61. The predicted molar refractivity (Wildman–Crippen MR) is 99.5 cm³/mol. The maximum absolute atomic E-state index is 12.1. The third kappa shape index (κ3) is 2.71. The molecule has 2 unspecified atom stereocenters. The van der Waals surface area contributed by atoms with Crippen molar-refractivity contribution < 1.29 is 13.5 Å². The van der Waals surface area contributed by atoms with Gasteiger partial charge in [0.1, 0.15) is 0 Å². The summed E-state index contributed by atoms with van der Waals surface area (Å²) in [6.07, 6.45) is 10.3. The predicted octanol–water partition coefficient (Wildman–Crippen LogP) is 3.26. The number of aliphatic hydroxyl groups is 1. The van der Waals surface area contributed by atoms with Gasteiger partial charge in [0.15, 0.2) is 0 Å². The van der Waals surface area contributed by atoms with Crippen LogP contribution >= 0.6 is 0 Å². The quantitative estimate of drug-likeness (QED) is 0.772. The minimum atomic E-state index is -3.09. The van der Waals surface area contributed by atoms with Gasteiger partial charge in [0, 0.05) is 13.1 Å². The normalized spacial score (nSPS) is 51.3. The molecule has 1 aliphatic heterocycles. The first-order valence-corrected chi connectivity index (χ1v) is 12.1. The van der Waals surface area contributed by atoms with E-state index in [0.29, 0.717) is 24.3 Å². The van der Waals surface area contributed by atoms with E-state index in [2.05, 4.69) is 13.8 Å². The second kappa shape index (κ2) is 5.93. The minimum absolute atomic E-state index is 0.112. The number of hydrogen-bond acceptors (Lipinski definition) is 3. The van der Waals surface area contributed by atoms with E-state index in [9.17, 15) is 13.5 Å². The van der Waals surface area contributed by atoms with Crippen molar-refractivity contribution in [2.75, 3.05) is 19.3 Å². The molecule has 0 bridgehead atoms. The Labute approximate surface area is 153 Å². The number of aliphatic hydroxyl groups excluding tert-OH is 1. The van der Waals surface area contributed by atoms with Crippen LogP contribution in [-0.2, 0) is 10.0 Å². The van der Waals surface area contributed by atoms with Gasteiger partial charge >= 0.3 is 0 Å². The molecule has 4 fully saturated rings. The molecule has 3 aliphatic carbocycles. The molecule has 4 aliphatic rings. The van der Waals surface area contributed by atoms with Crippen molar-refractivity contribution in [3.63, 3.8) is 0 Å². The molecule has 5 heteroatoms. The van der Waals surface area contributed by atoms with Gasteiger partial charge in [-0.25, -0.2) is 12.7 Å². The van der Waals surface area contributed by atoms with E-state index in [0.717, 1.165) is 44.6 Å². The molecule has 1 saturated heterocycles. The smallest absolute Gasteiger partial charge is 0.211 e. The van der Waals surface area contributed by atoms with Crippen molar-refractivity contribution in [2.45, 2.75) is 71.3 Å². The van der Waals surface area contributed by atoms with Crippen LogP contribution in [-0.4, -0.2) is 43.3 Å². The Morgan fingerprint density at radius 1 is 0.960 bits per heavy atom. The SMILES string of the molecule is C[C@]12CCCN(S(C)(=O)=O)CC1CC[C@@H]1[C@@H]2CC[C@]2(C)C(O)CC[C@@H]12. The highest BCUT2D eigenvalue weighted by molar-refractivity contribution is 7.88. The third-order valence-corrected chi connectivity index (χ3v) is 10.3. The van der Waals surface area contributed by atoms with Gasteiger partial charge in [-0.05, 0) is 85.9 Å². The summed E-state index contributed by atoms with van der Waals surface area (Å²) >= 11 is 0. The van der Waals surface area contributed by atoms with Gasteiger partial charge < -0.3 is 5.11 Å². The highest BCUT2D eigenvalue weighted by Crippen LogP contribution is 2.65. The Morgan fingerprint density at radius 3 is 2.40 bits per heavy atom. The number of rotatable bonds is 1. The van der Waals surface area contributed by atoms with Crippen LogP contribution in [0.3, 0.4) is 0 Å². The van der Waals surface area contributed by atoms with Crippen LogP contribution in [0, 0.1) is 34.5 Å². The van der Waals surface area contributed by atoms with E-state index < -0.39 is 10.0 Å². The summed E-state index contributed by atoms with van der Waals surface area (Å²) < 4.78 is 26.0. The lowest BCUT2D eigenvalue weighted by Gasteiger charge is -2.58. The van der Waals surface area contributed by atoms with Gasteiger partial charge in [-0.15, -0.1) is 0 Å². The zero-order chi connectivity index (χ0) is 18.0. The fourth-order valence-corrected chi connectivity index (χ4v) is 8.38. The average molecular weight is 370 g/mol. The minimum Gasteiger partial charge on any atom is -0.393 e. The van der Waals surface area contributed by atoms with Crippen LogP contribution in [0.5, 0.6) is 0 Å². The summed E-state index contributed by atoms with van der Waals surface area (Å²) in [4.78, 5) is 0. The van der Waals surface area contributed by atoms with Gasteiger partial charge in [-0.3, -0.25) is 0 Å². The monoisotopic (exact) mass is 369 g/mol. The van der Waals surface area contributed by atoms with Crippen LogP contribution < -0.4 is 0 Å². The van der Waals surface area contributed by atoms with E-state index >= 15 is 0 Å². The summed E-state index contributed by atoms with van der Waals surface area (Å²) in [6, 6.07) is 0. The first kappa shape index (κ1) is 18.2. The van der Waals surface area contributed by atoms with Crippen molar-refractivity contribution in [3.05, 3.63) is 0 Å². The van der Waals surface area contributed by atoms with Crippen molar-refractivity contribution >= 4 is 10.0 Å². The van der Waals surface area contributed by atoms with Crippen LogP contribution in [0.25, 0.3) is 0 Å². The summed E-state index contributed by atoms with van der Waals surface area (Å²) in [5, 5.41) is 10.6. The van der Waals surface area contributed by atoms with Crippen LogP contribution in [0.15, 0.2) is 0 Å². The van der Waals surface area contributed by atoms with Crippen LogP contribution in [0.4, 0.5) is 0 Å².